The number of rotatable bonds is 4. The molecule has 1 aliphatic heterocycles. The van der Waals surface area contributed by atoms with Crippen molar-refractivity contribution in [3.05, 3.63) is 29.3 Å². The third-order valence-corrected chi connectivity index (χ3v) is 3.86. The fraction of sp³-hybridized carbons (Fsp3) is 0.500. The minimum Gasteiger partial charge on any atom is -0.486 e. The lowest BCUT2D eigenvalue weighted by Crippen LogP contribution is -2.40. The van der Waals surface area contributed by atoms with Gasteiger partial charge in [-0.1, -0.05) is 18.6 Å². The monoisotopic (exact) mass is 300 g/mol. The van der Waals surface area contributed by atoms with Crippen molar-refractivity contribution in [1.29, 1.82) is 0 Å². The number of hydrogen-bond donors (Lipinski definition) is 1. The molecule has 20 heavy (non-hydrogen) atoms. The number of likely N-dealkylation sites (N-methyl/N-ethyl adjacent to an activating group) is 1. The van der Waals surface area contributed by atoms with E-state index in [1.807, 2.05) is 7.05 Å². The SMILES string of the molecule is CN1CCCCC1COc1c(F)cc(C(N)=S)cc1F. The second kappa shape index (κ2) is 6.45. The highest BCUT2D eigenvalue weighted by molar-refractivity contribution is 7.80. The number of likely N-dealkylation sites (tertiary alicyclic amines) is 1. The highest BCUT2D eigenvalue weighted by Crippen LogP contribution is 2.25. The average Bonchev–Trinajstić information content (AvgIpc) is 2.39. The normalized spacial score (nSPS) is 19.9. The van der Waals surface area contributed by atoms with Gasteiger partial charge in [-0.25, -0.2) is 8.78 Å². The predicted octanol–water partition coefficient (Wildman–Crippen LogP) is 2.46. The molecule has 0 saturated carbocycles. The number of nitrogens with two attached hydrogens (primary N) is 1. The maximum atomic E-state index is 13.8. The number of benzene rings is 1. The largest absolute Gasteiger partial charge is 0.486 e. The summed E-state index contributed by atoms with van der Waals surface area (Å²) in [5.74, 6) is -1.90. The Balaban J connectivity index is 2.07. The van der Waals surface area contributed by atoms with E-state index in [1.54, 1.807) is 0 Å². The minimum absolute atomic E-state index is 0.0404. The van der Waals surface area contributed by atoms with Crippen molar-refractivity contribution in [3.8, 4) is 5.75 Å². The van der Waals surface area contributed by atoms with Gasteiger partial charge in [0, 0.05) is 11.6 Å². The van der Waals surface area contributed by atoms with Crippen molar-refractivity contribution >= 4 is 17.2 Å². The van der Waals surface area contributed by atoms with Crippen LogP contribution in [-0.2, 0) is 0 Å². The van der Waals surface area contributed by atoms with Gasteiger partial charge in [0.05, 0.1) is 0 Å². The summed E-state index contributed by atoms with van der Waals surface area (Å²) in [5.41, 5.74) is 5.53. The topological polar surface area (TPSA) is 38.5 Å². The van der Waals surface area contributed by atoms with Crippen LogP contribution in [0.15, 0.2) is 12.1 Å². The van der Waals surface area contributed by atoms with Gasteiger partial charge in [-0.3, -0.25) is 0 Å². The van der Waals surface area contributed by atoms with Crippen molar-refractivity contribution < 1.29 is 13.5 Å². The Kier molecular flexibility index (Phi) is 4.88. The van der Waals surface area contributed by atoms with Gasteiger partial charge in [0.15, 0.2) is 17.4 Å². The molecule has 110 valence electrons. The van der Waals surface area contributed by atoms with Gasteiger partial charge in [0.25, 0.3) is 0 Å². The molecule has 0 spiro atoms. The summed E-state index contributed by atoms with van der Waals surface area (Å²) in [6.45, 7) is 1.26. The smallest absolute Gasteiger partial charge is 0.190 e. The first-order valence-electron chi connectivity index (χ1n) is 6.61. The van der Waals surface area contributed by atoms with Crippen molar-refractivity contribution in [2.45, 2.75) is 25.3 Å². The summed E-state index contributed by atoms with van der Waals surface area (Å²) in [7, 11) is 2.00. The Morgan fingerprint density at radius 1 is 1.40 bits per heavy atom. The fourth-order valence-corrected chi connectivity index (χ4v) is 2.49. The van der Waals surface area contributed by atoms with Crippen LogP contribution >= 0.6 is 12.2 Å². The Morgan fingerprint density at radius 2 is 2.05 bits per heavy atom. The molecular weight excluding hydrogens is 282 g/mol. The van der Waals surface area contributed by atoms with Crippen molar-refractivity contribution in [2.24, 2.45) is 5.73 Å². The summed E-state index contributed by atoms with van der Waals surface area (Å²) < 4.78 is 33.0. The molecule has 0 radical (unpaired) electrons. The minimum atomic E-state index is -0.772. The maximum absolute atomic E-state index is 13.8. The van der Waals surface area contributed by atoms with E-state index in [0.29, 0.717) is 0 Å². The molecule has 0 amide bonds. The summed E-state index contributed by atoms with van der Waals surface area (Å²) in [6, 6.07) is 2.40. The van der Waals surface area contributed by atoms with Crippen LogP contribution in [0.3, 0.4) is 0 Å². The number of nitrogens with zero attached hydrogens (tertiary/aromatic N) is 1. The van der Waals surface area contributed by atoms with Crippen LogP contribution in [0, 0.1) is 11.6 Å². The molecule has 1 fully saturated rings. The van der Waals surface area contributed by atoms with Crippen LogP contribution in [0.1, 0.15) is 24.8 Å². The highest BCUT2D eigenvalue weighted by atomic mass is 32.1. The molecule has 0 bridgehead atoms. The molecule has 1 unspecified atom stereocenters. The van der Waals surface area contributed by atoms with Crippen LogP contribution in [-0.4, -0.2) is 36.1 Å². The van der Waals surface area contributed by atoms with E-state index >= 15 is 0 Å². The van der Waals surface area contributed by atoms with Crippen LogP contribution in [0.4, 0.5) is 8.78 Å². The zero-order chi connectivity index (χ0) is 14.7. The van der Waals surface area contributed by atoms with Gasteiger partial charge in [-0.2, -0.15) is 0 Å². The Hall–Kier alpha value is -1.27. The lowest BCUT2D eigenvalue weighted by Gasteiger charge is -2.32. The van der Waals surface area contributed by atoms with Gasteiger partial charge >= 0.3 is 0 Å². The second-order valence-electron chi connectivity index (χ2n) is 5.07. The molecule has 1 aromatic carbocycles. The quantitative estimate of drug-likeness (QED) is 0.867. The van der Waals surface area contributed by atoms with Gasteiger partial charge in [0.2, 0.25) is 0 Å². The first-order chi connectivity index (χ1) is 9.49. The lowest BCUT2D eigenvalue weighted by molar-refractivity contribution is 0.120. The summed E-state index contributed by atoms with van der Waals surface area (Å²) in [5, 5.41) is 0. The van der Waals surface area contributed by atoms with Crippen LogP contribution < -0.4 is 10.5 Å². The van der Waals surface area contributed by atoms with Crippen molar-refractivity contribution in [2.75, 3.05) is 20.2 Å². The molecule has 0 aliphatic carbocycles. The summed E-state index contributed by atoms with van der Waals surface area (Å²) >= 11 is 4.70. The van der Waals surface area contributed by atoms with Crippen molar-refractivity contribution in [3.63, 3.8) is 0 Å². The Bertz CT molecular complexity index is 487. The van der Waals surface area contributed by atoms with Gasteiger partial charge in [0.1, 0.15) is 11.6 Å². The van der Waals surface area contributed by atoms with Gasteiger partial charge < -0.3 is 15.4 Å². The zero-order valence-electron chi connectivity index (χ0n) is 11.4. The maximum Gasteiger partial charge on any atom is 0.190 e. The predicted molar refractivity (Wildman–Crippen MR) is 78.0 cm³/mol. The zero-order valence-corrected chi connectivity index (χ0v) is 12.2. The molecule has 1 saturated heterocycles. The molecule has 1 heterocycles. The lowest BCUT2D eigenvalue weighted by atomic mass is 10.0. The highest BCUT2D eigenvalue weighted by Gasteiger charge is 2.21. The Labute approximate surface area is 122 Å². The van der Waals surface area contributed by atoms with Gasteiger partial charge in [-0.05, 0) is 38.6 Å². The summed E-state index contributed by atoms with van der Waals surface area (Å²) in [4.78, 5) is 2.12. The van der Waals surface area contributed by atoms with Crippen LogP contribution in [0.2, 0.25) is 0 Å². The fourth-order valence-electron chi connectivity index (χ4n) is 2.37. The third-order valence-electron chi connectivity index (χ3n) is 3.62. The number of piperidine rings is 1. The first-order valence-corrected chi connectivity index (χ1v) is 7.01. The van der Waals surface area contributed by atoms with E-state index < -0.39 is 11.6 Å². The van der Waals surface area contributed by atoms with E-state index in [2.05, 4.69) is 4.90 Å². The number of halogens is 2. The van der Waals surface area contributed by atoms with E-state index in [0.717, 1.165) is 37.9 Å². The molecule has 1 atom stereocenters. The molecule has 1 aromatic rings. The van der Waals surface area contributed by atoms with E-state index in [-0.39, 0.29) is 29.0 Å². The molecule has 0 aromatic heterocycles. The molecule has 6 heteroatoms. The molecule has 2 N–H and O–H groups in total. The van der Waals surface area contributed by atoms with E-state index in [9.17, 15) is 8.78 Å². The van der Waals surface area contributed by atoms with Crippen molar-refractivity contribution in [1.82, 2.24) is 4.90 Å². The van der Waals surface area contributed by atoms with Gasteiger partial charge in [-0.15, -0.1) is 0 Å². The number of ether oxygens (including phenoxy) is 1. The molecule has 2 rings (SSSR count). The Morgan fingerprint density at radius 3 is 2.60 bits per heavy atom. The summed E-state index contributed by atoms with van der Waals surface area (Å²) in [6.07, 6.45) is 3.24. The standard InChI is InChI=1S/C14H18F2N2OS/c1-18-5-3-2-4-10(18)8-19-13-11(15)6-9(14(17)20)7-12(13)16/h6-7,10H,2-5,8H2,1H3,(H2,17,20). The number of hydrogen-bond acceptors (Lipinski definition) is 3. The third kappa shape index (κ3) is 3.43. The van der Waals surface area contributed by atoms with Crippen LogP contribution in [0.25, 0.3) is 0 Å². The van der Waals surface area contributed by atoms with E-state index in [4.69, 9.17) is 22.7 Å². The number of thiocarbonyl (C=S) groups is 1. The second-order valence-corrected chi connectivity index (χ2v) is 5.51. The molecular formula is C14H18F2N2OS. The first kappa shape index (κ1) is 15.1. The van der Waals surface area contributed by atoms with Crippen LogP contribution in [0.5, 0.6) is 5.75 Å². The average molecular weight is 300 g/mol. The van der Waals surface area contributed by atoms with E-state index in [1.165, 1.54) is 0 Å². The molecule has 3 nitrogen and oxygen atoms in total. The molecule has 1 aliphatic rings.